The molecule has 1 aromatic carbocycles. The van der Waals surface area contributed by atoms with Crippen molar-refractivity contribution in [2.75, 3.05) is 0 Å². The number of sulfonamides is 1. The Bertz CT molecular complexity index is 649. The van der Waals surface area contributed by atoms with Gasteiger partial charge in [0, 0.05) is 12.1 Å². The van der Waals surface area contributed by atoms with E-state index in [4.69, 9.17) is 11.6 Å². The molecule has 0 spiro atoms. The van der Waals surface area contributed by atoms with Crippen LogP contribution in [-0.4, -0.2) is 30.6 Å². The first-order valence-corrected chi connectivity index (χ1v) is 8.30. The van der Waals surface area contributed by atoms with Gasteiger partial charge in [0.25, 0.3) is 5.69 Å². The quantitative estimate of drug-likeness (QED) is 0.644. The van der Waals surface area contributed by atoms with Gasteiger partial charge in [-0.1, -0.05) is 11.6 Å². The lowest BCUT2D eigenvalue weighted by atomic mass is 9.94. The van der Waals surface area contributed by atoms with Crippen molar-refractivity contribution in [3.05, 3.63) is 33.3 Å². The van der Waals surface area contributed by atoms with Crippen LogP contribution >= 0.6 is 11.6 Å². The number of nitro groups is 1. The van der Waals surface area contributed by atoms with Crippen LogP contribution in [-0.2, 0) is 10.0 Å². The van der Waals surface area contributed by atoms with Crippen molar-refractivity contribution in [2.24, 2.45) is 0 Å². The van der Waals surface area contributed by atoms with E-state index in [0.717, 1.165) is 12.5 Å². The highest BCUT2D eigenvalue weighted by Crippen LogP contribution is 2.28. The van der Waals surface area contributed by atoms with E-state index >= 15 is 0 Å². The molecule has 2 rings (SSSR count). The second-order valence-electron chi connectivity index (χ2n) is 5.01. The summed E-state index contributed by atoms with van der Waals surface area (Å²) in [5.74, 6) is 0. The summed E-state index contributed by atoms with van der Waals surface area (Å²) in [6, 6.07) is 2.97. The Hall–Kier alpha value is -1.22. The average molecular weight is 335 g/mol. The minimum absolute atomic E-state index is 0.118. The molecule has 1 aromatic rings. The summed E-state index contributed by atoms with van der Waals surface area (Å²) >= 11 is 5.66. The molecule has 0 bridgehead atoms. The fourth-order valence-corrected chi connectivity index (χ4v) is 3.85. The molecular formula is C12H15ClN2O5S. The zero-order valence-electron chi connectivity index (χ0n) is 11.0. The van der Waals surface area contributed by atoms with Crippen molar-refractivity contribution in [1.82, 2.24) is 4.72 Å². The van der Waals surface area contributed by atoms with Gasteiger partial charge in [-0.05, 0) is 37.8 Å². The molecule has 0 aromatic heterocycles. The minimum atomic E-state index is -3.88. The maximum Gasteiger partial charge on any atom is 0.289 e. The summed E-state index contributed by atoms with van der Waals surface area (Å²) in [7, 11) is -3.88. The number of hydrogen-bond acceptors (Lipinski definition) is 5. The van der Waals surface area contributed by atoms with Crippen LogP contribution in [0.3, 0.4) is 0 Å². The Morgan fingerprint density at radius 3 is 2.71 bits per heavy atom. The maximum absolute atomic E-state index is 12.2. The Morgan fingerprint density at radius 2 is 2.10 bits per heavy atom. The van der Waals surface area contributed by atoms with E-state index < -0.39 is 26.7 Å². The van der Waals surface area contributed by atoms with Gasteiger partial charge in [0.15, 0.2) is 0 Å². The molecule has 7 nitrogen and oxygen atoms in total. The minimum Gasteiger partial charge on any atom is -0.393 e. The molecule has 2 unspecified atom stereocenters. The van der Waals surface area contributed by atoms with Crippen molar-refractivity contribution in [2.45, 2.75) is 42.7 Å². The molecule has 2 N–H and O–H groups in total. The zero-order chi connectivity index (χ0) is 15.6. The van der Waals surface area contributed by atoms with E-state index in [0.29, 0.717) is 19.3 Å². The van der Waals surface area contributed by atoms with Gasteiger partial charge in [-0.2, -0.15) is 0 Å². The highest BCUT2D eigenvalue weighted by atomic mass is 35.5. The number of aliphatic hydroxyl groups is 1. The number of hydrogen-bond donors (Lipinski definition) is 2. The smallest absolute Gasteiger partial charge is 0.289 e. The highest BCUT2D eigenvalue weighted by Gasteiger charge is 2.27. The normalized spacial score (nSPS) is 23.0. The predicted molar refractivity (Wildman–Crippen MR) is 76.7 cm³/mol. The third-order valence-electron chi connectivity index (χ3n) is 3.39. The Morgan fingerprint density at radius 1 is 1.38 bits per heavy atom. The third kappa shape index (κ3) is 3.91. The second kappa shape index (κ2) is 6.27. The Balaban J connectivity index is 2.23. The first kappa shape index (κ1) is 16.2. The summed E-state index contributed by atoms with van der Waals surface area (Å²) < 4.78 is 26.9. The average Bonchev–Trinajstić information content (AvgIpc) is 2.38. The molecule has 1 aliphatic rings. The van der Waals surface area contributed by atoms with Crippen molar-refractivity contribution < 1.29 is 18.4 Å². The van der Waals surface area contributed by atoms with Crippen molar-refractivity contribution in [3.8, 4) is 0 Å². The number of nitrogens with one attached hydrogen (secondary N) is 1. The van der Waals surface area contributed by atoms with Gasteiger partial charge in [0.2, 0.25) is 10.0 Å². The number of rotatable bonds is 4. The maximum atomic E-state index is 12.2. The fourth-order valence-electron chi connectivity index (χ4n) is 2.36. The highest BCUT2D eigenvalue weighted by molar-refractivity contribution is 7.89. The lowest BCUT2D eigenvalue weighted by Crippen LogP contribution is -2.39. The summed E-state index contributed by atoms with van der Waals surface area (Å²) in [5, 5.41) is 20.2. The number of benzene rings is 1. The van der Waals surface area contributed by atoms with Gasteiger partial charge in [-0.3, -0.25) is 10.1 Å². The predicted octanol–water partition coefficient (Wildman–Crippen LogP) is 1.83. The van der Waals surface area contributed by atoms with Crippen LogP contribution in [0.5, 0.6) is 0 Å². The summed E-state index contributed by atoms with van der Waals surface area (Å²) in [4.78, 5) is 9.87. The molecule has 0 amide bonds. The standard InChI is InChI=1S/C12H15ClN2O5S/c13-11-5-4-10(7-12(11)15(17)18)21(19,20)14-8-2-1-3-9(16)6-8/h4-5,7-9,14,16H,1-3,6H2. The number of nitro benzene ring substituents is 1. The molecule has 1 fully saturated rings. The molecule has 1 saturated carbocycles. The van der Waals surface area contributed by atoms with Gasteiger partial charge in [-0.15, -0.1) is 0 Å². The Labute approximate surface area is 127 Å². The third-order valence-corrected chi connectivity index (χ3v) is 5.23. The van der Waals surface area contributed by atoms with Gasteiger partial charge in [0.05, 0.1) is 15.9 Å². The van der Waals surface area contributed by atoms with E-state index in [1.807, 2.05) is 0 Å². The van der Waals surface area contributed by atoms with E-state index in [2.05, 4.69) is 4.72 Å². The van der Waals surface area contributed by atoms with E-state index in [9.17, 15) is 23.6 Å². The molecule has 0 aliphatic heterocycles. The molecule has 2 atom stereocenters. The van der Waals surface area contributed by atoms with Crippen molar-refractivity contribution in [3.63, 3.8) is 0 Å². The van der Waals surface area contributed by atoms with E-state index in [1.54, 1.807) is 0 Å². The van der Waals surface area contributed by atoms with Crippen LogP contribution in [0.25, 0.3) is 0 Å². The van der Waals surface area contributed by atoms with Crippen LogP contribution in [0.4, 0.5) is 5.69 Å². The molecule has 21 heavy (non-hydrogen) atoms. The van der Waals surface area contributed by atoms with E-state index in [1.165, 1.54) is 12.1 Å². The lowest BCUT2D eigenvalue weighted by Gasteiger charge is -2.26. The van der Waals surface area contributed by atoms with Gasteiger partial charge in [-0.25, -0.2) is 13.1 Å². The van der Waals surface area contributed by atoms with Gasteiger partial charge in [0.1, 0.15) is 5.02 Å². The SMILES string of the molecule is O=[N+]([O-])c1cc(S(=O)(=O)NC2CCCC(O)C2)ccc1Cl. The topological polar surface area (TPSA) is 110 Å². The number of halogens is 1. The summed E-state index contributed by atoms with van der Waals surface area (Å²) in [6.07, 6.45) is 1.84. The Kier molecular flexibility index (Phi) is 4.82. The molecule has 0 saturated heterocycles. The van der Waals surface area contributed by atoms with Crippen LogP contribution in [0.2, 0.25) is 5.02 Å². The molecule has 9 heteroatoms. The van der Waals surface area contributed by atoms with Crippen molar-refractivity contribution >= 4 is 27.3 Å². The van der Waals surface area contributed by atoms with Crippen LogP contribution in [0.1, 0.15) is 25.7 Å². The number of nitrogens with zero attached hydrogens (tertiary/aromatic N) is 1. The molecular weight excluding hydrogens is 320 g/mol. The lowest BCUT2D eigenvalue weighted by molar-refractivity contribution is -0.384. The molecule has 0 heterocycles. The largest absolute Gasteiger partial charge is 0.393 e. The van der Waals surface area contributed by atoms with Crippen LogP contribution in [0.15, 0.2) is 23.1 Å². The molecule has 1 aliphatic carbocycles. The zero-order valence-corrected chi connectivity index (χ0v) is 12.6. The summed E-state index contributed by atoms with van der Waals surface area (Å²) in [5.41, 5.74) is -0.455. The second-order valence-corrected chi connectivity index (χ2v) is 7.13. The monoisotopic (exact) mass is 334 g/mol. The van der Waals surface area contributed by atoms with Gasteiger partial charge >= 0.3 is 0 Å². The van der Waals surface area contributed by atoms with E-state index in [-0.39, 0.29) is 16.0 Å². The van der Waals surface area contributed by atoms with Crippen LogP contribution < -0.4 is 4.72 Å². The molecule has 116 valence electrons. The first-order chi connectivity index (χ1) is 9.79. The van der Waals surface area contributed by atoms with Crippen molar-refractivity contribution in [1.29, 1.82) is 0 Å². The fraction of sp³-hybridized carbons (Fsp3) is 0.500. The molecule has 0 radical (unpaired) electrons. The van der Waals surface area contributed by atoms with Crippen LogP contribution in [0, 0.1) is 10.1 Å². The summed E-state index contributed by atoms with van der Waals surface area (Å²) in [6.45, 7) is 0. The first-order valence-electron chi connectivity index (χ1n) is 6.44. The number of aliphatic hydroxyl groups excluding tert-OH is 1. The van der Waals surface area contributed by atoms with Gasteiger partial charge < -0.3 is 5.11 Å².